The third-order valence-corrected chi connectivity index (χ3v) is 4.72. The van der Waals surface area contributed by atoms with Crippen molar-refractivity contribution >= 4 is 5.96 Å². The first-order valence-electron chi connectivity index (χ1n) is 8.31. The van der Waals surface area contributed by atoms with E-state index >= 15 is 0 Å². The molecule has 1 aromatic carbocycles. The molecule has 0 aromatic heterocycles. The molecule has 1 aliphatic rings. The van der Waals surface area contributed by atoms with E-state index in [1.165, 1.54) is 11.1 Å². The summed E-state index contributed by atoms with van der Waals surface area (Å²) in [7, 11) is 6.11. The number of likely N-dealkylation sites (N-methyl/N-ethyl adjacent to an activating group) is 1. The van der Waals surface area contributed by atoms with Gasteiger partial charge < -0.3 is 20.3 Å². The Hall–Kier alpha value is -1.59. The van der Waals surface area contributed by atoms with Crippen molar-refractivity contribution in [1.82, 2.24) is 15.5 Å². The molecule has 0 atom stereocenters. The summed E-state index contributed by atoms with van der Waals surface area (Å²) in [5.41, 5.74) is 2.68. The average Bonchev–Trinajstić information content (AvgIpc) is 2.56. The Kier molecular flexibility index (Phi) is 6.42. The van der Waals surface area contributed by atoms with Crippen LogP contribution in [0.1, 0.15) is 24.0 Å². The molecule has 0 unspecified atom stereocenters. The zero-order valence-corrected chi connectivity index (χ0v) is 14.9. The maximum absolute atomic E-state index is 5.52. The lowest BCUT2D eigenvalue weighted by molar-refractivity contribution is -0.00501. The second-order valence-corrected chi connectivity index (χ2v) is 6.50. The van der Waals surface area contributed by atoms with Crippen LogP contribution in [-0.2, 0) is 11.3 Å². The first-order chi connectivity index (χ1) is 11.1. The van der Waals surface area contributed by atoms with Gasteiger partial charge in [-0.2, -0.15) is 0 Å². The number of hydrogen-bond donors (Lipinski definition) is 2. The number of guanidine groups is 1. The van der Waals surface area contributed by atoms with Gasteiger partial charge in [0.1, 0.15) is 0 Å². The first-order valence-corrected chi connectivity index (χ1v) is 8.31. The van der Waals surface area contributed by atoms with Crippen LogP contribution in [0.5, 0.6) is 0 Å². The summed E-state index contributed by atoms with van der Waals surface area (Å²) < 4.78 is 5.52. The molecule has 0 amide bonds. The summed E-state index contributed by atoms with van der Waals surface area (Å²) in [6, 6.07) is 8.53. The van der Waals surface area contributed by atoms with Gasteiger partial charge in [-0.3, -0.25) is 4.99 Å². The van der Waals surface area contributed by atoms with Crippen molar-refractivity contribution in [3.05, 3.63) is 35.4 Å². The number of nitrogens with one attached hydrogen (secondary N) is 2. The minimum Gasteiger partial charge on any atom is -0.381 e. The Morgan fingerprint density at radius 2 is 2.00 bits per heavy atom. The van der Waals surface area contributed by atoms with Gasteiger partial charge in [0.2, 0.25) is 0 Å². The van der Waals surface area contributed by atoms with Crippen LogP contribution >= 0.6 is 0 Å². The summed E-state index contributed by atoms with van der Waals surface area (Å²) in [6.07, 6.45) is 2.09. The standard InChI is InChI=1S/C18H30N4O/c1-15-6-5-7-16(12-15)13-20-17(19-2)21-14-18(22(3)4)8-10-23-11-9-18/h5-7,12H,8-11,13-14H2,1-4H3,(H2,19,20,21). The van der Waals surface area contributed by atoms with Crippen molar-refractivity contribution in [3.8, 4) is 0 Å². The fraction of sp³-hybridized carbons (Fsp3) is 0.611. The number of hydrogen-bond acceptors (Lipinski definition) is 3. The molecule has 0 radical (unpaired) electrons. The van der Waals surface area contributed by atoms with E-state index in [4.69, 9.17) is 4.74 Å². The monoisotopic (exact) mass is 318 g/mol. The topological polar surface area (TPSA) is 48.9 Å². The van der Waals surface area contributed by atoms with E-state index in [0.717, 1.165) is 45.1 Å². The van der Waals surface area contributed by atoms with E-state index in [2.05, 4.69) is 65.8 Å². The zero-order chi connectivity index (χ0) is 16.7. The molecule has 0 spiro atoms. The van der Waals surface area contributed by atoms with Crippen LogP contribution in [0.15, 0.2) is 29.3 Å². The van der Waals surface area contributed by atoms with E-state index in [1.807, 2.05) is 7.05 Å². The minimum absolute atomic E-state index is 0.138. The highest BCUT2D eigenvalue weighted by Gasteiger charge is 2.34. The lowest BCUT2D eigenvalue weighted by Gasteiger charge is -2.43. The first kappa shape index (κ1) is 17.8. The van der Waals surface area contributed by atoms with E-state index < -0.39 is 0 Å². The summed E-state index contributed by atoms with van der Waals surface area (Å²) in [5.74, 6) is 0.847. The van der Waals surface area contributed by atoms with Gasteiger partial charge in [-0.1, -0.05) is 29.8 Å². The van der Waals surface area contributed by atoms with Crippen LogP contribution in [0.4, 0.5) is 0 Å². The molecule has 1 aliphatic heterocycles. The molecule has 0 aliphatic carbocycles. The van der Waals surface area contributed by atoms with Gasteiger partial charge in [-0.15, -0.1) is 0 Å². The largest absolute Gasteiger partial charge is 0.381 e. The van der Waals surface area contributed by atoms with Crippen LogP contribution in [0.3, 0.4) is 0 Å². The fourth-order valence-electron chi connectivity index (χ4n) is 3.01. The summed E-state index contributed by atoms with van der Waals surface area (Å²) >= 11 is 0. The van der Waals surface area contributed by atoms with Crippen molar-refractivity contribution in [2.45, 2.75) is 31.8 Å². The molecule has 2 rings (SSSR count). The van der Waals surface area contributed by atoms with Gasteiger partial charge in [0.15, 0.2) is 5.96 Å². The number of benzene rings is 1. The van der Waals surface area contributed by atoms with Gasteiger partial charge >= 0.3 is 0 Å². The van der Waals surface area contributed by atoms with Crippen molar-refractivity contribution in [3.63, 3.8) is 0 Å². The third kappa shape index (κ3) is 4.94. The fourth-order valence-corrected chi connectivity index (χ4v) is 3.01. The van der Waals surface area contributed by atoms with Crippen LogP contribution in [0.2, 0.25) is 0 Å². The van der Waals surface area contributed by atoms with Crippen molar-refractivity contribution in [2.24, 2.45) is 4.99 Å². The summed E-state index contributed by atoms with van der Waals surface area (Å²) in [4.78, 5) is 6.66. The van der Waals surface area contributed by atoms with E-state index in [1.54, 1.807) is 0 Å². The highest BCUT2D eigenvalue weighted by molar-refractivity contribution is 5.79. The molecule has 1 saturated heterocycles. The second kappa shape index (κ2) is 8.31. The maximum Gasteiger partial charge on any atom is 0.191 e. The molecule has 0 saturated carbocycles. The molecule has 0 bridgehead atoms. The lowest BCUT2D eigenvalue weighted by Crippen LogP contribution is -2.57. The SMILES string of the molecule is CN=C(NCc1cccc(C)c1)NCC1(N(C)C)CCOCC1. The zero-order valence-electron chi connectivity index (χ0n) is 14.9. The second-order valence-electron chi connectivity index (χ2n) is 6.50. The molecule has 128 valence electrons. The minimum atomic E-state index is 0.138. The number of ether oxygens (including phenoxy) is 1. The van der Waals surface area contributed by atoms with E-state index in [0.29, 0.717) is 0 Å². The van der Waals surface area contributed by atoms with E-state index in [-0.39, 0.29) is 5.54 Å². The summed E-state index contributed by atoms with van der Waals surface area (Å²) in [5, 5.41) is 6.89. The maximum atomic E-state index is 5.52. The van der Waals surface area contributed by atoms with E-state index in [9.17, 15) is 0 Å². The third-order valence-electron chi connectivity index (χ3n) is 4.72. The Labute approximate surface area is 140 Å². The predicted molar refractivity (Wildman–Crippen MR) is 95.9 cm³/mol. The normalized spacial score (nSPS) is 18.0. The highest BCUT2D eigenvalue weighted by Crippen LogP contribution is 2.24. The van der Waals surface area contributed by atoms with Gasteiger partial charge in [0.05, 0.1) is 0 Å². The van der Waals surface area contributed by atoms with Crippen molar-refractivity contribution in [2.75, 3.05) is 40.9 Å². The number of nitrogens with zero attached hydrogens (tertiary/aromatic N) is 2. The van der Waals surface area contributed by atoms with Gasteiger partial charge in [-0.25, -0.2) is 0 Å². The molecule has 23 heavy (non-hydrogen) atoms. The van der Waals surface area contributed by atoms with Crippen LogP contribution < -0.4 is 10.6 Å². The summed E-state index contributed by atoms with van der Waals surface area (Å²) in [6.45, 7) is 5.42. The van der Waals surface area contributed by atoms with Gasteiger partial charge in [0.25, 0.3) is 0 Å². The predicted octanol–water partition coefficient (Wildman–Crippen LogP) is 1.77. The Balaban J connectivity index is 1.89. The van der Waals surface area contributed by atoms with Crippen LogP contribution in [0, 0.1) is 6.92 Å². The lowest BCUT2D eigenvalue weighted by atomic mass is 9.88. The quantitative estimate of drug-likeness (QED) is 0.642. The van der Waals surface area contributed by atoms with Gasteiger partial charge in [-0.05, 0) is 39.4 Å². The van der Waals surface area contributed by atoms with Crippen molar-refractivity contribution in [1.29, 1.82) is 0 Å². The molecule has 2 N–H and O–H groups in total. The number of aliphatic imine (C=N–C) groups is 1. The Bertz CT molecular complexity index is 522. The Morgan fingerprint density at radius 1 is 1.26 bits per heavy atom. The molecular formula is C18H30N4O. The molecule has 1 fully saturated rings. The van der Waals surface area contributed by atoms with Crippen molar-refractivity contribution < 1.29 is 4.74 Å². The van der Waals surface area contributed by atoms with Gasteiger partial charge in [0, 0.05) is 38.9 Å². The highest BCUT2D eigenvalue weighted by atomic mass is 16.5. The molecule has 1 aromatic rings. The number of aryl methyl sites for hydroxylation is 1. The molecular weight excluding hydrogens is 288 g/mol. The van der Waals surface area contributed by atoms with Crippen LogP contribution in [-0.4, -0.2) is 57.3 Å². The average molecular weight is 318 g/mol. The Morgan fingerprint density at radius 3 is 2.61 bits per heavy atom. The smallest absolute Gasteiger partial charge is 0.191 e. The molecule has 5 heteroatoms. The number of rotatable bonds is 5. The van der Waals surface area contributed by atoms with Crippen LogP contribution in [0.25, 0.3) is 0 Å². The molecule has 1 heterocycles. The molecule has 5 nitrogen and oxygen atoms in total.